The zero-order chi connectivity index (χ0) is 17.9. The van der Waals surface area contributed by atoms with Crippen molar-refractivity contribution in [3.8, 4) is 5.82 Å². The molecule has 0 saturated carbocycles. The van der Waals surface area contributed by atoms with E-state index in [2.05, 4.69) is 41.0 Å². The van der Waals surface area contributed by atoms with Gasteiger partial charge in [-0.1, -0.05) is 0 Å². The summed E-state index contributed by atoms with van der Waals surface area (Å²) in [6.07, 6.45) is 8.48. The number of imidazole rings is 1. The van der Waals surface area contributed by atoms with Crippen LogP contribution in [0.15, 0.2) is 53.8 Å². The molecule has 26 heavy (non-hydrogen) atoms. The Balaban J connectivity index is 1.39. The SMILES string of the molecule is O=C(c1cncc(Br)c1)N1CCN(c2ccc(-n3ccnc3)nn2)CC1. The monoisotopic (exact) mass is 413 g/mol. The highest BCUT2D eigenvalue weighted by atomic mass is 79.9. The van der Waals surface area contributed by atoms with Gasteiger partial charge in [0.2, 0.25) is 0 Å². The summed E-state index contributed by atoms with van der Waals surface area (Å²) in [6.45, 7) is 2.70. The number of hydrogen-bond donors (Lipinski definition) is 0. The normalized spacial score (nSPS) is 14.5. The second-order valence-electron chi connectivity index (χ2n) is 5.89. The molecule has 3 aromatic heterocycles. The van der Waals surface area contributed by atoms with Crippen LogP contribution >= 0.6 is 15.9 Å². The van der Waals surface area contributed by atoms with Gasteiger partial charge in [-0.05, 0) is 34.1 Å². The summed E-state index contributed by atoms with van der Waals surface area (Å²) >= 11 is 3.35. The highest BCUT2D eigenvalue weighted by Gasteiger charge is 2.23. The van der Waals surface area contributed by atoms with Crippen LogP contribution in [0.1, 0.15) is 10.4 Å². The van der Waals surface area contributed by atoms with Gasteiger partial charge in [0, 0.05) is 55.4 Å². The van der Waals surface area contributed by atoms with E-state index in [9.17, 15) is 4.79 Å². The number of nitrogens with zero attached hydrogens (tertiary/aromatic N) is 7. The number of carbonyl (C=O) groups is 1. The third-order valence-electron chi connectivity index (χ3n) is 4.25. The van der Waals surface area contributed by atoms with Crippen LogP contribution in [0, 0.1) is 0 Å². The van der Waals surface area contributed by atoms with Crippen LogP contribution in [-0.4, -0.2) is 61.7 Å². The predicted molar refractivity (Wildman–Crippen MR) is 99.2 cm³/mol. The molecule has 0 radical (unpaired) electrons. The molecule has 8 nitrogen and oxygen atoms in total. The fourth-order valence-electron chi connectivity index (χ4n) is 2.87. The van der Waals surface area contributed by atoms with Crippen molar-refractivity contribution in [2.75, 3.05) is 31.1 Å². The van der Waals surface area contributed by atoms with E-state index < -0.39 is 0 Å². The number of amides is 1. The zero-order valence-corrected chi connectivity index (χ0v) is 15.4. The predicted octanol–water partition coefficient (Wildman–Crippen LogP) is 1.78. The Morgan fingerprint density at radius 1 is 1.00 bits per heavy atom. The second kappa shape index (κ2) is 7.20. The topological polar surface area (TPSA) is 80.0 Å². The first-order valence-corrected chi connectivity index (χ1v) is 8.97. The molecule has 0 atom stereocenters. The first-order chi connectivity index (χ1) is 12.7. The van der Waals surface area contributed by atoms with Gasteiger partial charge in [0.15, 0.2) is 11.6 Å². The van der Waals surface area contributed by atoms with Crippen LogP contribution in [0.25, 0.3) is 5.82 Å². The Kier molecular flexibility index (Phi) is 4.61. The molecule has 3 aromatic rings. The summed E-state index contributed by atoms with van der Waals surface area (Å²) in [7, 11) is 0. The Morgan fingerprint density at radius 3 is 2.42 bits per heavy atom. The lowest BCUT2D eigenvalue weighted by atomic mass is 10.2. The molecule has 0 unspecified atom stereocenters. The molecule has 9 heteroatoms. The third kappa shape index (κ3) is 3.43. The molecular formula is C17H16BrN7O. The van der Waals surface area contributed by atoms with Crippen LogP contribution in [0.3, 0.4) is 0 Å². The van der Waals surface area contributed by atoms with Crippen molar-refractivity contribution in [1.82, 2.24) is 29.6 Å². The van der Waals surface area contributed by atoms with Crippen molar-refractivity contribution in [3.63, 3.8) is 0 Å². The van der Waals surface area contributed by atoms with Crippen molar-refractivity contribution in [3.05, 3.63) is 59.3 Å². The van der Waals surface area contributed by atoms with Gasteiger partial charge in [0.25, 0.3) is 5.91 Å². The van der Waals surface area contributed by atoms with E-state index in [4.69, 9.17) is 0 Å². The first kappa shape index (κ1) is 16.6. The third-order valence-corrected chi connectivity index (χ3v) is 4.68. The standard InChI is InChI=1S/C17H16BrN7O/c18-14-9-13(10-20-11-14)17(26)24-7-5-23(6-8-24)15-1-2-16(22-21-15)25-4-3-19-12-25/h1-4,9-12H,5-8H2. The Morgan fingerprint density at radius 2 is 1.77 bits per heavy atom. The van der Waals surface area contributed by atoms with Crippen molar-refractivity contribution >= 4 is 27.7 Å². The number of pyridine rings is 1. The molecule has 0 bridgehead atoms. The van der Waals surface area contributed by atoms with E-state index in [-0.39, 0.29) is 5.91 Å². The van der Waals surface area contributed by atoms with Crippen molar-refractivity contribution in [1.29, 1.82) is 0 Å². The molecule has 1 aliphatic rings. The molecule has 0 spiro atoms. The fourth-order valence-corrected chi connectivity index (χ4v) is 3.23. The second-order valence-corrected chi connectivity index (χ2v) is 6.81. The highest BCUT2D eigenvalue weighted by Crippen LogP contribution is 2.17. The maximum Gasteiger partial charge on any atom is 0.255 e. The summed E-state index contributed by atoms with van der Waals surface area (Å²) < 4.78 is 2.61. The number of rotatable bonds is 3. The molecule has 4 heterocycles. The average Bonchev–Trinajstić information content (AvgIpc) is 3.23. The summed E-state index contributed by atoms with van der Waals surface area (Å²) in [6, 6.07) is 5.65. The lowest BCUT2D eigenvalue weighted by Crippen LogP contribution is -2.49. The smallest absolute Gasteiger partial charge is 0.255 e. The van der Waals surface area contributed by atoms with Gasteiger partial charge in [-0.15, -0.1) is 10.2 Å². The molecule has 1 saturated heterocycles. The summed E-state index contributed by atoms with van der Waals surface area (Å²) in [5, 5.41) is 8.55. The maximum atomic E-state index is 12.6. The van der Waals surface area contributed by atoms with Gasteiger partial charge in [-0.3, -0.25) is 14.3 Å². The Labute approximate surface area is 158 Å². The van der Waals surface area contributed by atoms with E-state index in [1.807, 2.05) is 23.2 Å². The van der Waals surface area contributed by atoms with Gasteiger partial charge in [0.05, 0.1) is 5.56 Å². The maximum absolute atomic E-state index is 12.6. The van der Waals surface area contributed by atoms with Crippen LogP contribution in [0.4, 0.5) is 5.82 Å². The minimum absolute atomic E-state index is 0.00000936. The van der Waals surface area contributed by atoms with E-state index in [0.29, 0.717) is 31.7 Å². The number of aromatic nitrogens is 5. The van der Waals surface area contributed by atoms with E-state index >= 15 is 0 Å². The lowest BCUT2D eigenvalue weighted by Gasteiger charge is -2.35. The molecule has 1 aliphatic heterocycles. The zero-order valence-electron chi connectivity index (χ0n) is 13.9. The average molecular weight is 414 g/mol. The van der Waals surface area contributed by atoms with Crippen LogP contribution < -0.4 is 4.90 Å². The Hall–Kier alpha value is -2.81. The molecule has 0 aliphatic carbocycles. The van der Waals surface area contributed by atoms with E-state index in [1.54, 1.807) is 35.6 Å². The number of piperazine rings is 1. The minimum Gasteiger partial charge on any atom is -0.352 e. The van der Waals surface area contributed by atoms with Gasteiger partial charge < -0.3 is 9.80 Å². The van der Waals surface area contributed by atoms with Crippen LogP contribution in [-0.2, 0) is 0 Å². The molecule has 1 fully saturated rings. The molecule has 132 valence electrons. The molecular weight excluding hydrogens is 398 g/mol. The summed E-state index contributed by atoms with van der Waals surface area (Å²) in [5.74, 6) is 1.53. The van der Waals surface area contributed by atoms with E-state index in [0.717, 1.165) is 16.1 Å². The van der Waals surface area contributed by atoms with Gasteiger partial charge >= 0.3 is 0 Å². The minimum atomic E-state index is -0.00000936. The summed E-state index contributed by atoms with van der Waals surface area (Å²) in [4.78, 5) is 24.6. The lowest BCUT2D eigenvalue weighted by molar-refractivity contribution is 0.0746. The van der Waals surface area contributed by atoms with Crippen molar-refractivity contribution in [2.24, 2.45) is 0 Å². The van der Waals surface area contributed by atoms with Gasteiger partial charge in [-0.25, -0.2) is 4.98 Å². The summed E-state index contributed by atoms with van der Waals surface area (Å²) in [5.41, 5.74) is 0.595. The molecule has 4 rings (SSSR count). The highest BCUT2D eigenvalue weighted by molar-refractivity contribution is 9.10. The number of halogens is 1. The number of hydrogen-bond acceptors (Lipinski definition) is 6. The fraction of sp³-hybridized carbons (Fsp3) is 0.235. The van der Waals surface area contributed by atoms with Crippen LogP contribution in [0.2, 0.25) is 0 Å². The largest absolute Gasteiger partial charge is 0.352 e. The molecule has 0 aromatic carbocycles. The molecule has 1 amide bonds. The Bertz CT molecular complexity index is 890. The van der Waals surface area contributed by atoms with E-state index in [1.165, 1.54) is 0 Å². The van der Waals surface area contributed by atoms with Crippen molar-refractivity contribution < 1.29 is 4.79 Å². The van der Waals surface area contributed by atoms with Gasteiger partial charge in [-0.2, -0.15) is 0 Å². The van der Waals surface area contributed by atoms with Crippen molar-refractivity contribution in [2.45, 2.75) is 0 Å². The molecule has 0 N–H and O–H groups in total. The van der Waals surface area contributed by atoms with Crippen LogP contribution in [0.5, 0.6) is 0 Å². The first-order valence-electron chi connectivity index (χ1n) is 8.17. The van der Waals surface area contributed by atoms with Gasteiger partial charge in [0.1, 0.15) is 6.33 Å². The number of anilines is 1. The quantitative estimate of drug-likeness (QED) is 0.650. The number of carbonyl (C=O) groups excluding carboxylic acids is 1.